The topological polar surface area (TPSA) is 92.4 Å². The second kappa shape index (κ2) is 6.96. The van der Waals surface area contributed by atoms with Crippen LogP contribution in [0.1, 0.15) is 5.56 Å². The summed E-state index contributed by atoms with van der Waals surface area (Å²) in [7, 11) is 0. The normalized spacial score (nSPS) is 10.4. The van der Waals surface area contributed by atoms with Crippen molar-refractivity contribution in [2.45, 2.75) is 6.54 Å². The predicted octanol–water partition coefficient (Wildman–Crippen LogP) is 2.04. The Hall–Kier alpha value is -2.25. The molecule has 0 saturated heterocycles. The van der Waals surface area contributed by atoms with E-state index in [0.29, 0.717) is 24.1 Å². The van der Waals surface area contributed by atoms with E-state index < -0.39 is 4.92 Å². The average Bonchev–Trinajstić information content (AvgIpc) is 2.47. The average molecular weight is 309 g/mol. The molecule has 2 rings (SSSR count). The number of benzene rings is 1. The number of hydrogen-bond acceptors (Lipinski definition) is 6. The third-order valence-corrected chi connectivity index (χ3v) is 2.99. The lowest BCUT2D eigenvalue weighted by Gasteiger charge is -2.21. The molecule has 0 unspecified atom stereocenters. The van der Waals surface area contributed by atoms with Crippen LogP contribution in [0.15, 0.2) is 36.7 Å². The summed E-state index contributed by atoms with van der Waals surface area (Å²) in [5, 5.41) is 20.3. The van der Waals surface area contributed by atoms with Gasteiger partial charge < -0.3 is 10.0 Å². The number of nitrogens with zero attached hydrogens (tertiary/aromatic N) is 4. The molecule has 1 N–H and O–H groups in total. The number of aromatic nitrogens is 2. The lowest BCUT2D eigenvalue weighted by molar-refractivity contribution is -0.385. The minimum atomic E-state index is -0.558. The molecule has 0 radical (unpaired) electrons. The van der Waals surface area contributed by atoms with Gasteiger partial charge in [-0.25, -0.2) is 9.97 Å². The maximum atomic E-state index is 10.6. The maximum Gasteiger partial charge on any atom is 0.305 e. The first-order valence-corrected chi connectivity index (χ1v) is 6.54. The van der Waals surface area contributed by atoms with Gasteiger partial charge in [0.2, 0.25) is 5.95 Å². The number of aliphatic hydroxyl groups excluding tert-OH is 1. The van der Waals surface area contributed by atoms with Gasteiger partial charge in [0.1, 0.15) is 12.4 Å². The van der Waals surface area contributed by atoms with Gasteiger partial charge in [-0.05, 0) is 17.7 Å². The zero-order chi connectivity index (χ0) is 15.2. The standard InChI is InChI=1S/C13H13ClN4O3/c14-11-3-1-2-10(6-11)9-17(4-5-19)13-15-7-12(8-16-13)18(20)21/h1-3,6-8,19H,4-5,9H2. The smallest absolute Gasteiger partial charge is 0.305 e. The van der Waals surface area contributed by atoms with Crippen LogP contribution >= 0.6 is 11.6 Å². The number of aliphatic hydroxyl groups is 1. The van der Waals surface area contributed by atoms with Crippen LogP contribution < -0.4 is 4.90 Å². The van der Waals surface area contributed by atoms with Crippen molar-refractivity contribution in [2.24, 2.45) is 0 Å². The summed E-state index contributed by atoms with van der Waals surface area (Å²) in [6.45, 7) is 0.671. The summed E-state index contributed by atoms with van der Waals surface area (Å²) >= 11 is 5.93. The zero-order valence-electron chi connectivity index (χ0n) is 11.0. The van der Waals surface area contributed by atoms with E-state index in [-0.39, 0.29) is 12.3 Å². The second-order valence-electron chi connectivity index (χ2n) is 4.27. The van der Waals surface area contributed by atoms with Crippen LogP contribution in [-0.2, 0) is 6.54 Å². The van der Waals surface area contributed by atoms with E-state index in [4.69, 9.17) is 16.7 Å². The Morgan fingerprint density at radius 1 is 1.33 bits per heavy atom. The van der Waals surface area contributed by atoms with Crippen LogP contribution in [0.3, 0.4) is 0 Å². The number of rotatable bonds is 6. The first kappa shape index (κ1) is 15.1. The van der Waals surface area contributed by atoms with Gasteiger partial charge in [-0.1, -0.05) is 23.7 Å². The SMILES string of the molecule is O=[N+]([O-])c1cnc(N(CCO)Cc2cccc(Cl)c2)nc1. The minimum absolute atomic E-state index is 0.0824. The molecule has 8 heteroatoms. The highest BCUT2D eigenvalue weighted by Gasteiger charge is 2.13. The van der Waals surface area contributed by atoms with Crippen molar-refractivity contribution in [2.75, 3.05) is 18.1 Å². The van der Waals surface area contributed by atoms with Gasteiger partial charge in [0.25, 0.3) is 0 Å². The predicted molar refractivity (Wildman–Crippen MR) is 78.3 cm³/mol. The molecule has 7 nitrogen and oxygen atoms in total. The Balaban J connectivity index is 2.20. The fourth-order valence-corrected chi connectivity index (χ4v) is 2.01. The number of halogens is 1. The van der Waals surface area contributed by atoms with Crippen LogP contribution in [0.4, 0.5) is 11.6 Å². The van der Waals surface area contributed by atoms with E-state index in [2.05, 4.69) is 9.97 Å². The Morgan fingerprint density at radius 3 is 2.62 bits per heavy atom. The lowest BCUT2D eigenvalue weighted by Crippen LogP contribution is -2.27. The number of hydrogen-bond donors (Lipinski definition) is 1. The molecule has 0 saturated carbocycles. The summed E-state index contributed by atoms with van der Waals surface area (Å²) in [6, 6.07) is 7.29. The van der Waals surface area contributed by atoms with Crippen LogP contribution in [-0.4, -0.2) is 33.1 Å². The monoisotopic (exact) mass is 308 g/mol. The highest BCUT2D eigenvalue weighted by atomic mass is 35.5. The molecule has 0 bridgehead atoms. The molecule has 1 heterocycles. The molecule has 0 aliphatic heterocycles. The highest BCUT2D eigenvalue weighted by Crippen LogP contribution is 2.17. The van der Waals surface area contributed by atoms with Crippen LogP contribution in [0, 0.1) is 10.1 Å². The van der Waals surface area contributed by atoms with Crippen molar-refractivity contribution < 1.29 is 10.0 Å². The third-order valence-electron chi connectivity index (χ3n) is 2.75. The van der Waals surface area contributed by atoms with Crippen molar-refractivity contribution in [3.05, 3.63) is 57.4 Å². The Kier molecular flexibility index (Phi) is 5.02. The molecular formula is C13H13ClN4O3. The van der Waals surface area contributed by atoms with E-state index in [1.807, 2.05) is 12.1 Å². The van der Waals surface area contributed by atoms with Gasteiger partial charge in [-0.15, -0.1) is 0 Å². The fraction of sp³-hybridized carbons (Fsp3) is 0.231. The van der Waals surface area contributed by atoms with E-state index in [1.54, 1.807) is 17.0 Å². The number of anilines is 1. The molecule has 0 aliphatic rings. The zero-order valence-corrected chi connectivity index (χ0v) is 11.8. The molecule has 0 spiro atoms. The van der Waals surface area contributed by atoms with Gasteiger partial charge in [0, 0.05) is 18.1 Å². The van der Waals surface area contributed by atoms with Crippen molar-refractivity contribution in [3.8, 4) is 0 Å². The summed E-state index contributed by atoms with van der Waals surface area (Å²) in [5.74, 6) is 0.314. The summed E-state index contributed by atoms with van der Waals surface area (Å²) in [4.78, 5) is 19.7. The molecule has 21 heavy (non-hydrogen) atoms. The van der Waals surface area contributed by atoms with Crippen molar-refractivity contribution in [3.63, 3.8) is 0 Å². The van der Waals surface area contributed by atoms with E-state index in [9.17, 15) is 10.1 Å². The van der Waals surface area contributed by atoms with Crippen molar-refractivity contribution in [1.29, 1.82) is 0 Å². The number of nitro groups is 1. The maximum absolute atomic E-state index is 10.6. The highest BCUT2D eigenvalue weighted by molar-refractivity contribution is 6.30. The molecule has 0 amide bonds. The fourth-order valence-electron chi connectivity index (χ4n) is 1.80. The molecule has 1 aromatic carbocycles. The molecule has 0 fully saturated rings. The largest absolute Gasteiger partial charge is 0.395 e. The Bertz CT molecular complexity index is 621. The Labute approximate surface area is 126 Å². The summed E-state index contributed by atoms with van der Waals surface area (Å²) < 4.78 is 0. The van der Waals surface area contributed by atoms with Crippen LogP contribution in [0.5, 0.6) is 0 Å². The van der Waals surface area contributed by atoms with Gasteiger partial charge in [-0.2, -0.15) is 0 Å². The van der Waals surface area contributed by atoms with Crippen LogP contribution in [0.25, 0.3) is 0 Å². The molecule has 0 atom stereocenters. The van der Waals surface area contributed by atoms with E-state index >= 15 is 0 Å². The second-order valence-corrected chi connectivity index (χ2v) is 4.71. The molecule has 1 aromatic heterocycles. The van der Waals surface area contributed by atoms with E-state index in [1.165, 1.54) is 0 Å². The van der Waals surface area contributed by atoms with E-state index in [0.717, 1.165) is 18.0 Å². The molecular weight excluding hydrogens is 296 g/mol. The first-order chi connectivity index (χ1) is 10.1. The van der Waals surface area contributed by atoms with Gasteiger partial charge >= 0.3 is 5.69 Å². The third kappa shape index (κ3) is 4.11. The summed E-state index contributed by atoms with van der Waals surface area (Å²) in [6.07, 6.45) is 2.29. The Morgan fingerprint density at radius 2 is 2.05 bits per heavy atom. The first-order valence-electron chi connectivity index (χ1n) is 6.17. The van der Waals surface area contributed by atoms with Gasteiger partial charge in [0.05, 0.1) is 11.5 Å². The molecule has 0 aliphatic carbocycles. The quantitative estimate of drug-likeness (QED) is 0.648. The molecule has 2 aromatic rings. The van der Waals surface area contributed by atoms with Crippen molar-refractivity contribution in [1.82, 2.24) is 9.97 Å². The minimum Gasteiger partial charge on any atom is -0.395 e. The van der Waals surface area contributed by atoms with Gasteiger partial charge in [-0.3, -0.25) is 10.1 Å². The van der Waals surface area contributed by atoms with Crippen LogP contribution in [0.2, 0.25) is 5.02 Å². The van der Waals surface area contributed by atoms with Gasteiger partial charge in [0.15, 0.2) is 0 Å². The summed E-state index contributed by atoms with van der Waals surface area (Å²) in [5.41, 5.74) is 0.753. The molecule has 110 valence electrons. The van der Waals surface area contributed by atoms with Crippen molar-refractivity contribution >= 4 is 23.2 Å². The lowest BCUT2D eigenvalue weighted by atomic mass is 10.2.